The van der Waals surface area contributed by atoms with Gasteiger partial charge in [0.05, 0.1) is 5.75 Å². The monoisotopic (exact) mass is 310 g/mol. The van der Waals surface area contributed by atoms with Crippen molar-refractivity contribution in [2.75, 3.05) is 31.9 Å². The Morgan fingerprint density at radius 1 is 1.14 bits per heavy atom. The molecular formula is C16H26N2O2S. The quantitative estimate of drug-likeness (QED) is 0.809. The zero-order valence-electron chi connectivity index (χ0n) is 13.1. The number of nitrogens with zero attached hydrogens (tertiary/aromatic N) is 2. The molecule has 2 rings (SSSR count). The van der Waals surface area contributed by atoms with Gasteiger partial charge in [-0.05, 0) is 18.9 Å². The lowest BCUT2D eigenvalue weighted by atomic mass is 10.1. The van der Waals surface area contributed by atoms with Crippen LogP contribution in [-0.4, -0.2) is 49.6 Å². The number of aryl methyl sites for hydroxylation is 1. The van der Waals surface area contributed by atoms with Crippen LogP contribution in [0.4, 0.5) is 0 Å². The average molecular weight is 310 g/mol. The lowest BCUT2D eigenvalue weighted by molar-refractivity contribution is 0.181. The van der Waals surface area contributed by atoms with Crippen LogP contribution >= 0.6 is 0 Å². The van der Waals surface area contributed by atoms with Crippen LogP contribution in [0.25, 0.3) is 0 Å². The van der Waals surface area contributed by atoms with Gasteiger partial charge in [-0.15, -0.1) is 0 Å². The van der Waals surface area contributed by atoms with Crippen LogP contribution in [-0.2, 0) is 16.6 Å². The second-order valence-corrected chi connectivity index (χ2v) is 7.92. The number of sulfonamides is 1. The van der Waals surface area contributed by atoms with E-state index in [9.17, 15) is 8.42 Å². The van der Waals surface area contributed by atoms with E-state index >= 15 is 0 Å². The molecule has 1 aliphatic rings. The van der Waals surface area contributed by atoms with Crippen molar-refractivity contribution in [3.63, 3.8) is 0 Å². The summed E-state index contributed by atoms with van der Waals surface area (Å²) in [6.45, 7) is 7.91. The topological polar surface area (TPSA) is 40.6 Å². The third-order valence-corrected chi connectivity index (χ3v) is 5.93. The molecule has 1 saturated heterocycles. The van der Waals surface area contributed by atoms with Gasteiger partial charge in [0.15, 0.2) is 0 Å². The number of unbranched alkanes of at least 4 members (excludes halogenated alkanes) is 1. The molecule has 4 nitrogen and oxygen atoms in total. The zero-order chi connectivity index (χ0) is 15.3. The summed E-state index contributed by atoms with van der Waals surface area (Å²) in [5, 5.41) is 0. The van der Waals surface area contributed by atoms with Crippen LogP contribution in [0.1, 0.15) is 30.9 Å². The fraction of sp³-hybridized carbons (Fsp3) is 0.625. The van der Waals surface area contributed by atoms with E-state index in [4.69, 9.17) is 0 Å². The maximum atomic E-state index is 12.2. The van der Waals surface area contributed by atoms with E-state index in [0.29, 0.717) is 18.8 Å². The predicted octanol–water partition coefficient (Wildman–Crippen LogP) is 2.24. The Kier molecular flexibility index (Phi) is 5.79. The summed E-state index contributed by atoms with van der Waals surface area (Å²) in [7, 11) is -3.04. The molecule has 1 heterocycles. The summed E-state index contributed by atoms with van der Waals surface area (Å²) in [6.07, 6.45) is 1.68. The SMILES string of the molecule is CCCCS(=O)(=O)N1CCN(Cc2cccc(C)c2)CC1. The summed E-state index contributed by atoms with van der Waals surface area (Å²) in [5.41, 5.74) is 2.57. The van der Waals surface area contributed by atoms with Gasteiger partial charge in [-0.2, -0.15) is 4.31 Å². The van der Waals surface area contributed by atoms with E-state index in [2.05, 4.69) is 36.1 Å². The molecule has 0 aliphatic carbocycles. The standard InChI is InChI=1S/C16H26N2O2S/c1-3-4-12-21(19,20)18-10-8-17(9-11-18)14-16-7-5-6-15(2)13-16/h5-7,13H,3-4,8-12,14H2,1-2H3. The van der Waals surface area contributed by atoms with Crippen LogP contribution in [0.3, 0.4) is 0 Å². The molecule has 1 aliphatic heterocycles. The molecule has 1 aromatic carbocycles. The van der Waals surface area contributed by atoms with Crippen LogP contribution < -0.4 is 0 Å². The minimum Gasteiger partial charge on any atom is -0.296 e. The molecule has 0 N–H and O–H groups in total. The summed E-state index contributed by atoms with van der Waals surface area (Å²) < 4.78 is 26.0. The summed E-state index contributed by atoms with van der Waals surface area (Å²) in [4.78, 5) is 2.33. The second kappa shape index (κ2) is 7.38. The highest BCUT2D eigenvalue weighted by Crippen LogP contribution is 2.13. The van der Waals surface area contributed by atoms with Crippen molar-refractivity contribution in [3.05, 3.63) is 35.4 Å². The first-order chi connectivity index (χ1) is 10.0. The number of hydrogen-bond donors (Lipinski definition) is 0. The molecule has 0 saturated carbocycles. The lowest BCUT2D eigenvalue weighted by Crippen LogP contribution is -2.48. The predicted molar refractivity (Wildman–Crippen MR) is 86.7 cm³/mol. The minimum atomic E-state index is -3.04. The highest BCUT2D eigenvalue weighted by atomic mass is 32.2. The molecule has 0 aromatic heterocycles. The highest BCUT2D eigenvalue weighted by Gasteiger charge is 2.26. The summed E-state index contributed by atoms with van der Waals surface area (Å²) in [6, 6.07) is 8.51. The molecule has 0 unspecified atom stereocenters. The number of piperazine rings is 1. The first-order valence-corrected chi connectivity index (χ1v) is 9.38. The van der Waals surface area contributed by atoms with E-state index in [0.717, 1.165) is 32.5 Å². The zero-order valence-corrected chi connectivity index (χ0v) is 13.9. The molecule has 0 atom stereocenters. The highest BCUT2D eigenvalue weighted by molar-refractivity contribution is 7.89. The Morgan fingerprint density at radius 2 is 1.86 bits per heavy atom. The Balaban J connectivity index is 1.86. The molecule has 1 aromatic rings. The lowest BCUT2D eigenvalue weighted by Gasteiger charge is -2.34. The van der Waals surface area contributed by atoms with Crippen LogP contribution in [0, 0.1) is 6.92 Å². The number of hydrogen-bond acceptors (Lipinski definition) is 3. The normalized spacial score (nSPS) is 18.0. The first kappa shape index (κ1) is 16.5. The van der Waals surface area contributed by atoms with Crippen LogP contribution in [0.5, 0.6) is 0 Å². The van der Waals surface area contributed by atoms with Crippen molar-refractivity contribution in [3.8, 4) is 0 Å². The van der Waals surface area contributed by atoms with Crippen molar-refractivity contribution in [2.24, 2.45) is 0 Å². The molecule has 5 heteroatoms. The third kappa shape index (κ3) is 4.80. The minimum absolute atomic E-state index is 0.293. The van der Waals surface area contributed by atoms with Crippen molar-refractivity contribution in [1.29, 1.82) is 0 Å². The van der Waals surface area contributed by atoms with Crippen molar-refractivity contribution >= 4 is 10.0 Å². The van der Waals surface area contributed by atoms with E-state index in [1.54, 1.807) is 4.31 Å². The van der Waals surface area contributed by atoms with E-state index in [-0.39, 0.29) is 0 Å². The van der Waals surface area contributed by atoms with Gasteiger partial charge in [-0.25, -0.2) is 8.42 Å². The van der Waals surface area contributed by atoms with Gasteiger partial charge in [0.1, 0.15) is 0 Å². The molecule has 0 radical (unpaired) electrons. The van der Waals surface area contributed by atoms with Gasteiger partial charge in [0.25, 0.3) is 0 Å². The number of benzene rings is 1. The van der Waals surface area contributed by atoms with Crippen LogP contribution in [0.15, 0.2) is 24.3 Å². The van der Waals surface area contributed by atoms with Crippen molar-refractivity contribution in [1.82, 2.24) is 9.21 Å². The average Bonchev–Trinajstić information content (AvgIpc) is 2.46. The first-order valence-electron chi connectivity index (χ1n) is 7.77. The van der Waals surface area contributed by atoms with Crippen LogP contribution in [0.2, 0.25) is 0 Å². The molecule has 0 spiro atoms. The maximum absolute atomic E-state index is 12.2. The fourth-order valence-corrected chi connectivity index (χ4v) is 4.32. The third-order valence-electron chi connectivity index (χ3n) is 3.97. The second-order valence-electron chi connectivity index (χ2n) is 5.83. The van der Waals surface area contributed by atoms with E-state index in [1.165, 1.54) is 11.1 Å². The van der Waals surface area contributed by atoms with Gasteiger partial charge in [0, 0.05) is 32.7 Å². The summed E-state index contributed by atoms with van der Waals surface area (Å²) >= 11 is 0. The number of rotatable bonds is 6. The van der Waals surface area contributed by atoms with Gasteiger partial charge in [-0.1, -0.05) is 43.2 Å². The Labute approximate surface area is 128 Å². The van der Waals surface area contributed by atoms with E-state index in [1.807, 2.05) is 6.92 Å². The fourth-order valence-electron chi connectivity index (χ4n) is 2.69. The Bertz CT molecular complexity index is 549. The van der Waals surface area contributed by atoms with Crippen molar-refractivity contribution in [2.45, 2.75) is 33.2 Å². The molecule has 0 bridgehead atoms. The smallest absolute Gasteiger partial charge is 0.214 e. The van der Waals surface area contributed by atoms with E-state index < -0.39 is 10.0 Å². The van der Waals surface area contributed by atoms with Gasteiger partial charge in [-0.3, -0.25) is 4.90 Å². The van der Waals surface area contributed by atoms with Gasteiger partial charge >= 0.3 is 0 Å². The van der Waals surface area contributed by atoms with Gasteiger partial charge in [0.2, 0.25) is 10.0 Å². The molecule has 118 valence electrons. The van der Waals surface area contributed by atoms with Gasteiger partial charge < -0.3 is 0 Å². The van der Waals surface area contributed by atoms with Crippen molar-refractivity contribution < 1.29 is 8.42 Å². The Hall–Kier alpha value is -0.910. The Morgan fingerprint density at radius 3 is 2.48 bits per heavy atom. The maximum Gasteiger partial charge on any atom is 0.214 e. The molecular weight excluding hydrogens is 284 g/mol. The largest absolute Gasteiger partial charge is 0.296 e. The summed E-state index contributed by atoms with van der Waals surface area (Å²) in [5.74, 6) is 0.293. The molecule has 21 heavy (non-hydrogen) atoms. The molecule has 0 amide bonds. The molecule has 1 fully saturated rings.